The van der Waals surface area contributed by atoms with Crippen LogP contribution in [0.25, 0.3) is 11.4 Å². The number of ether oxygens (including phenoxy) is 1. The number of carbonyl (C=O) groups is 1. The van der Waals surface area contributed by atoms with Crippen molar-refractivity contribution in [3.8, 4) is 17.1 Å². The Morgan fingerprint density at radius 1 is 1.14 bits per heavy atom. The maximum absolute atomic E-state index is 12.6. The van der Waals surface area contributed by atoms with Gasteiger partial charge in [0, 0.05) is 19.7 Å². The Hall–Kier alpha value is -2.80. The second-order valence-corrected chi connectivity index (χ2v) is 7.42. The van der Waals surface area contributed by atoms with Crippen molar-refractivity contribution in [1.29, 1.82) is 0 Å². The zero-order valence-corrected chi connectivity index (χ0v) is 17.3. The zero-order valence-electron chi connectivity index (χ0n) is 16.5. The molecule has 0 saturated carbocycles. The van der Waals surface area contributed by atoms with Crippen molar-refractivity contribution in [3.63, 3.8) is 0 Å². The first kappa shape index (κ1) is 19.9. The van der Waals surface area contributed by atoms with E-state index < -0.39 is 0 Å². The number of hydrogen-bond donors (Lipinski definition) is 0. The maximum Gasteiger partial charge on any atom is 0.233 e. The molecular formula is C21H24N4O2S. The fourth-order valence-corrected chi connectivity index (χ4v) is 3.67. The van der Waals surface area contributed by atoms with Crippen molar-refractivity contribution in [2.24, 2.45) is 7.05 Å². The van der Waals surface area contributed by atoms with Gasteiger partial charge in [0.1, 0.15) is 5.75 Å². The molecule has 6 nitrogen and oxygen atoms in total. The third-order valence-electron chi connectivity index (χ3n) is 4.76. The van der Waals surface area contributed by atoms with E-state index in [1.54, 1.807) is 12.0 Å². The van der Waals surface area contributed by atoms with Gasteiger partial charge < -0.3 is 14.2 Å². The first-order valence-electron chi connectivity index (χ1n) is 8.98. The van der Waals surface area contributed by atoms with Gasteiger partial charge >= 0.3 is 0 Å². The molecule has 0 N–H and O–H groups in total. The summed E-state index contributed by atoms with van der Waals surface area (Å²) in [6.07, 6.45) is 0. The zero-order chi connectivity index (χ0) is 20.1. The summed E-state index contributed by atoms with van der Waals surface area (Å²) in [6, 6.07) is 17.7. The van der Waals surface area contributed by atoms with Gasteiger partial charge in [0.05, 0.1) is 18.9 Å². The summed E-state index contributed by atoms with van der Waals surface area (Å²) in [5, 5.41) is 9.22. The van der Waals surface area contributed by atoms with Gasteiger partial charge in [0.15, 0.2) is 11.0 Å². The van der Waals surface area contributed by atoms with E-state index in [0.717, 1.165) is 22.7 Å². The summed E-state index contributed by atoms with van der Waals surface area (Å²) in [5.41, 5.74) is 2.06. The lowest BCUT2D eigenvalue weighted by Crippen LogP contribution is -2.31. The monoisotopic (exact) mass is 396 g/mol. The van der Waals surface area contributed by atoms with E-state index in [-0.39, 0.29) is 11.9 Å². The predicted octanol–water partition coefficient (Wildman–Crippen LogP) is 3.80. The molecule has 28 heavy (non-hydrogen) atoms. The van der Waals surface area contributed by atoms with Crippen LogP contribution in [-0.4, -0.2) is 45.5 Å². The van der Waals surface area contributed by atoms with Crippen molar-refractivity contribution in [1.82, 2.24) is 19.7 Å². The molecule has 1 atom stereocenters. The molecule has 1 aromatic heterocycles. The molecule has 1 heterocycles. The number of benzene rings is 2. The fraction of sp³-hybridized carbons (Fsp3) is 0.286. The van der Waals surface area contributed by atoms with Gasteiger partial charge in [0.25, 0.3) is 0 Å². The van der Waals surface area contributed by atoms with E-state index in [4.69, 9.17) is 4.74 Å². The molecule has 0 saturated heterocycles. The summed E-state index contributed by atoms with van der Waals surface area (Å²) in [4.78, 5) is 14.4. The highest BCUT2D eigenvalue weighted by atomic mass is 32.2. The number of carbonyl (C=O) groups excluding carboxylic acids is 1. The molecule has 2 aromatic carbocycles. The van der Waals surface area contributed by atoms with Crippen LogP contribution in [0.4, 0.5) is 0 Å². The molecule has 1 unspecified atom stereocenters. The number of hydrogen-bond acceptors (Lipinski definition) is 5. The molecule has 0 aliphatic heterocycles. The van der Waals surface area contributed by atoms with Crippen LogP contribution in [0.2, 0.25) is 0 Å². The number of amides is 1. The highest BCUT2D eigenvalue weighted by Gasteiger charge is 2.19. The molecule has 3 rings (SSSR count). The molecule has 0 spiro atoms. The molecule has 0 radical (unpaired) electrons. The third-order valence-corrected chi connectivity index (χ3v) is 5.77. The Bertz CT molecular complexity index is 925. The van der Waals surface area contributed by atoms with E-state index in [1.165, 1.54) is 11.8 Å². The van der Waals surface area contributed by atoms with Crippen LogP contribution in [0.5, 0.6) is 5.75 Å². The van der Waals surface area contributed by atoms with Crippen LogP contribution in [0.3, 0.4) is 0 Å². The molecule has 0 aliphatic rings. The Morgan fingerprint density at radius 2 is 1.82 bits per heavy atom. The minimum atomic E-state index is 0.0173. The van der Waals surface area contributed by atoms with Crippen LogP contribution in [0.1, 0.15) is 18.5 Å². The third kappa shape index (κ3) is 4.36. The van der Waals surface area contributed by atoms with E-state index >= 15 is 0 Å². The van der Waals surface area contributed by atoms with Crippen molar-refractivity contribution in [2.45, 2.75) is 18.1 Å². The lowest BCUT2D eigenvalue weighted by molar-refractivity contribution is -0.128. The van der Waals surface area contributed by atoms with E-state index in [2.05, 4.69) is 10.2 Å². The maximum atomic E-state index is 12.6. The summed E-state index contributed by atoms with van der Waals surface area (Å²) in [7, 11) is 5.38. The normalized spacial score (nSPS) is 11.9. The van der Waals surface area contributed by atoms with Crippen molar-refractivity contribution in [2.75, 3.05) is 19.9 Å². The largest absolute Gasteiger partial charge is 0.497 e. The minimum Gasteiger partial charge on any atom is -0.497 e. The topological polar surface area (TPSA) is 60.3 Å². The van der Waals surface area contributed by atoms with Gasteiger partial charge in [-0.3, -0.25) is 4.79 Å². The van der Waals surface area contributed by atoms with Gasteiger partial charge in [-0.1, -0.05) is 42.1 Å². The van der Waals surface area contributed by atoms with Crippen LogP contribution in [0.15, 0.2) is 59.8 Å². The lowest BCUT2D eigenvalue weighted by Gasteiger charge is -2.25. The van der Waals surface area contributed by atoms with Gasteiger partial charge in [-0.25, -0.2) is 0 Å². The van der Waals surface area contributed by atoms with Crippen LogP contribution in [-0.2, 0) is 11.8 Å². The lowest BCUT2D eigenvalue weighted by atomic mass is 10.1. The van der Waals surface area contributed by atoms with Gasteiger partial charge in [-0.05, 0) is 36.8 Å². The number of thioether (sulfide) groups is 1. The second kappa shape index (κ2) is 8.93. The Morgan fingerprint density at radius 3 is 2.46 bits per heavy atom. The van der Waals surface area contributed by atoms with E-state index in [9.17, 15) is 4.79 Å². The highest BCUT2D eigenvalue weighted by Crippen LogP contribution is 2.25. The molecule has 7 heteroatoms. The molecule has 0 aliphatic carbocycles. The smallest absolute Gasteiger partial charge is 0.233 e. The average molecular weight is 397 g/mol. The predicted molar refractivity (Wildman–Crippen MR) is 111 cm³/mol. The molecule has 1 amide bonds. The average Bonchev–Trinajstić information content (AvgIpc) is 3.11. The number of rotatable bonds is 7. The van der Waals surface area contributed by atoms with Gasteiger partial charge in [-0.15, -0.1) is 10.2 Å². The van der Waals surface area contributed by atoms with Crippen molar-refractivity contribution < 1.29 is 9.53 Å². The Labute approximate surface area is 169 Å². The van der Waals surface area contributed by atoms with E-state index in [1.807, 2.05) is 80.2 Å². The van der Waals surface area contributed by atoms with Crippen LogP contribution >= 0.6 is 11.8 Å². The SMILES string of the molecule is COc1ccc(-c2nnc(SCC(=O)N(C)C(C)c3ccccc3)n2C)cc1. The van der Waals surface area contributed by atoms with Crippen molar-refractivity contribution >= 4 is 17.7 Å². The van der Waals surface area contributed by atoms with Crippen molar-refractivity contribution in [3.05, 3.63) is 60.2 Å². The first-order valence-corrected chi connectivity index (χ1v) is 9.97. The van der Waals surface area contributed by atoms with Crippen LogP contribution in [0, 0.1) is 0 Å². The molecule has 0 fully saturated rings. The number of aromatic nitrogens is 3. The summed E-state index contributed by atoms with van der Waals surface area (Å²) < 4.78 is 7.09. The van der Waals surface area contributed by atoms with Gasteiger partial charge in [0.2, 0.25) is 5.91 Å². The quantitative estimate of drug-likeness (QED) is 0.569. The van der Waals surface area contributed by atoms with Gasteiger partial charge in [-0.2, -0.15) is 0 Å². The Kier molecular flexibility index (Phi) is 6.36. The minimum absolute atomic E-state index is 0.0173. The summed E-state index contributed by atoms with van der Waals surface area (Å²) >= 11 is 1.39. The summed E-state index contributed by atoms with van der Waals surface area (Å²) in [5.74, 6) is 1.91. The Balaban J connectivity index is 1.64. The highest BCUT2D eigenvalue weighted by molar-refractivity contribution is 7.99. The number of methoxy groups -OCH3 is 1. The fourth-order valence-electron chi connectivity index (χ4n) is 2.83. The van der Waals surface area contributed by atoms with Crippen LogP contribution < -0.4 is 4.74 Å². The first-order chi connectivity index (χ1) is 13.5. The second-order valence-electron chi connectivity index (χ2n) is 6.47. The molecule has 0 bridgehead atoms. The molecule has 146 valence electrons. The molecule has 3 aromatic rings. The van der Waals surface area contributed by atoms with E-state index in [0.29, 0.717) is 10.9 Å². The standard InChI is InChI=1S/C21H24N4O2S/c1-15(16-8-6-5-7-9-16)24(2)19(26)14-28-21-23-22-20(25(21)3)17-10-12-18(27-4)13-11-17/h5-13,15H,14H2,1-4H3. The molecular weight excluding hydrogens is 372 g/mol. The summed E-state index contributed by atoms with van der Waals surface area (Å²) in [6.45, 7) is 2.03. The number of nitrogens with zero attached hydrogens (tertiary/aromatic N) is 4.